The van der Waals surface area contributed by atoms with Gasteiger partial charge >= 0.3 is 0 Å². The zero-order chi connectivity index (χ0) is 12.1. The van der Waals surface area contributed by atoms with Crippen LogP contribution in [0.25, 0.3) is 0 Å². The van der Waals surface area contributed by atoms with E-state index >= 15 is 0 Å². The van der Waals surface area contributed by atoms with Gasteiger partial charge in [0.1, 0.15) is 17.5 Å². The van der Waals surface area contributed by atoms with Crippen LogP contribution >= 0.6 is 0 Å². The third kappa shape index (κ3) is 3.60. The first kappa shape index (κ1) is 12.6. The average molecular weight is 230 g/mol. The molecule has 1 aromatic heterocycles. The molecule has 0 aliphatic carbocycles. The van der Waals surface area contributed by atoms with Gasteiger partial charge in [-0.05, 0) is 6.42 Å². The molecule has 1 aromatic rings. The topological polar surface area (TPSA) is 55.0 Å². The normalized spacial score (nSPS) is 10.8. The first-order valence-electron chi connectivity index (χ1n) is 5.15. The molecule has 0 fully saturated rings. The van der Waals surface area contributed by atoms with Gasteiger partial charge in [0, 0.05) is 19.5 Å². The second kappa shape index (κ2) is 5.58. The molecule has 1 heterocycles. The molecule has 90 valence electrons. The van der Waals surface area contributed by atoms with Crippen LogP contribution in [0.4, 0.5) is 20.4 Å². The minimum absolute atomic E-state index is 0.314. The summed E-state index contributed by atoms with van der Waals surface area (Å²) in [6, 6.07) is 1.50. The Labute approximate surface area is 93.5 Å². The summed E-state index contributed by atoms with van der Waals surface area (Å²) >= 11 is 0. The lowest BCUT2D eigenvalue weighted by Crippen LogP contribution is -2.25. The predicted octanol–water partition coefficient (Wildman–Crippen LogP) is 1.71. The molecule has 0 aromatic carbocycles. The monoisotopic (exact) mass is 230 g/mol. The number of hydrogen-bond acceptors (Lipinski definition) is 4. The lowest BCUT2D eigenvalue weighted by molar-refractivity contribution is 0.156. The summed E-state index contributed by atoms with van der Waals surface area (Å²) < 4.78 is 24.4. The summed E-state index contributed by atoms with van der Waals surface area (Å²) in [5, 5.41) is 0. The molecule has 0 saturated carbocycles. The van der Waals surface area contributed by atoms with Crippen molar-refractivity contribution < 1.29 is 8.78 Å². The van der Waals surface area contributed by atoms with Crippen LogP contribution < -0.4 is 10.6 Å². The van der Waals surface area contributed by atoms with Crippen molar-refractivity contribution in [1.29, 1.82) is 0 Å². The SMILES string of the molecule is CCCc1nc(N)cc(N(C)CC(F)F)n1. The van der Waals surface area contributed by atoms with E-state index in [0.29, 0.717) is 23.9 Å². The summed E-state index contributed by atoms with van der Waals surface area (Å²) in [5.41, 5.74) is 5.59. The quantitative estimate of drug-likeness (QED) is 0.836. The molecule has 0 aliphatic rings. The summed E-state index contributed by atoms with van der Waals surface area (Å²) in [7, 11) is 1.56. The largest absolute Gasteiger partial charge is 0.384 e. The molecular weight excluding hydrogens is 214 g/mol. The van der Waals surface area contributed by atoms with Crippen LogP contribution in [0.2, 0.25) is 0 Å². The van der Waals surface area contributed by atoms with Crippen molar-refractivity contribution in [3.8, 4) is 0 Å². The number of rotatable bonds is 5. The van der Waals surface area contributed by atoms with Crippen LogP contribution in [0.5, 0.6) is 0 Å². The number of halogens is 2. The molecule has 0 radical (unpaired) electrons. The van der Waals surface area contributed by atoms with Gasteiger partial charge in [0.05, 0.1) is 6.54 Å². The maximum Gasteiger partial charge on any atom is 0.255 e. The maximum absolute atomic E-state index is 12.2. The summed E-state index contributed by atoms with van der Waals surface area (Å²) in [6.45, 7) is 1.64. The molecule has 0 spiro atoms. The number of nitrogen functional groups attached to an aromatic ring is 1. The van der Waals surface area contributed by atoms with Gasteiger partial charge in [0.25, 0.3) is 6.43 Å². The number of aryl methyl sites for hydroxylation is 1. The highest BCUT2D eigenvalue weighted by Gasteiger charge is 2.11. The van der Waals surface area contributed by atoms with E-state index in [-0.39, 0.29) is 6.54 Å². The fourth-order valence-electron chi connectivity index (χ4n) is 1.33. The first-order chi connectivity index (χ1) is 7.52. The van der Waals surface area contributed by atoms with Gasteiger partial charge in [-0.15, -0.1) is 0 Å². The number of anilines is 2. The molecule has 0 unspecified atom stereocenters. The van der Waals surface area contributed by atoms with Crippen LogP contribution in [-0.4, -0.2) is 30.0 Å². The van der Waals surface area contributed by atoms with E-state index < -0.39 is 6.43 Å². The predicted molar refractivity (Wildman–Crippen MR) is 59.7 cm³/mol. The molecule has 0 saturated heterocycles. The van der Waals surface area contributed by atoms with Crippen molar-refractivity contribution >= 4 is 11.6 Å². The highest BCUT2D eigenvalue weighted by molar-refractivity contribution is 5.46. The Kier molecular flexibility index (Phi) is 4.39. The smallest absolute Gasteiger partial charge is 0.255 e. The molecular formula is C10H16F2N4. The van der Waals surface area contributed by atoms with Crippen LogP contribution in [0.1, 0.15) is 19.2 Å². The lowest BCUT2D eigenvalue weighted by atomic mass is 10.3. The van der Waals surface area contributed by atoms with Crippen molar-refractivity contribution in [3.05, 3.63) is 11.9 Å². The van der Waals surface area contributed by atoms with Crippen molar-refractivity contribution in [3.63, 3.8) is 0 Å². The second-order valence-corrected chi connectivity index (χ2v) is 3.59. The fourth-order valence-corrected chi connectivity index (χ4v) is 1.33. The van der Waals surface area contributed by atoms with E-state index in [1.54, 1.807) is 7.05 Å². The zero-order valence-corrected chi connectivity index (χ0v) is 9.45. The van der Waals surface area contributed by atoms with E-state index in [1.165, 1.54) is 11.0 Å². The Hall–Kier alpha value is -1.46. The van der Waals surface area contributed by atoms with E-state index in [9.17, 15) is 8.78 Å². The van der Waals surface area contributed by atoms with Gasteiger partial charge in [-0.2, -0.15) is 0 Å². The van der Waals surface area contributed by atoms with Crippen LogP contribution in [0.3, 0.4) is 0 Å². The molecule has 1 rings (SSSR count). The standard InChI is InChI=1S/C10H16F2N4/c1-3-4-9-14-8(13)5-10(15-9)16(2)6-7(11)12/h5,7H,3-4,6H2,1-2H3,(H2,13,14,15). The summed E-state index contributed by atoms with van der Waals surface area (Å²) in [4.78, 5) is 9.59. The molecule has 0 amide bonds. The van der Waals surface area contributed by atoms with Gasteiger partial charge in [-0.1, -0.05) is 6.92 Å². The Morgan fingerprint density at radius 3 is 2.69 bits per heavy atom. The van der Waals surface area contributed by atoms with Crippen LogP contribution in [-0.2, 0) is 6.42 Å². The van der Waals surface area contributed by atoms with Crippen molar-refractivity contribution in [2.75, 3.05) is 24.2 Å². The van der Waals surface area contributed by atoms with Gasteiger partial charge in [0.2, 0.25) is 0 Å². The number of hydrogen-bond donors (Lipinski definition) is 1. The number of nitrogens with two attached hydrogens (primary N) is 1. The maximum atomic E-state index is 12.2. The molecule has 0 bridgehead atoms. The third-order valence-corrected chi connectivity index (χ3v) is 2.06. The van der Waals surface area contributed by atoms with Gasteiger partial charge < -0.3 is 10.6 Å². The van der Waals surface area contributed by atoms with Crippen LogP contribution in [0.15, 0.2) is 6.07 Å². The highest BCUT2D eigenvalue weighted by Crippen LogP contribution is 2.14. The number of nitrogens with zero attached hydrogens (tertiary/aromatic N) is 3. The Bertz CT molecular complexity index is 344. The Morgan fingerprint density at radius 1 is 1.44 bits per heavy atom. The lowest BCUT2D eigenvalue weighted by Gasteiger charge is -2.18. The fraction of sp³-hybridized carbons (Fsp3) is 0.600. The molecule has 4 nitrogen and oxygen atoms in total. The van der Waals surface area contributed by atoms with Gasteiger partial charge in [-0.25, -0.2) is 18.7 Å². The van der Waals surface area contributed by atoms with Crippen molar-refractivity contribution in [1.82, 2.24) is 9.97 Å². The zero-order valence-electron chi connectivity index (χ0n) is 9.45. The molecule has 16 heavy (non-hydrogen) atoms. The molecule has 2 N–H and O–H groups in total. The minimum atomic E-state index is -2.39. The van der Waals surface area contributed by atoms with Gasteiger partial charge in [-0.3, -0.25) is 0 Å². The third-order valence-electron chi connectivity index (χ3n) is 2.06. The number of alkyl halides is 2. The first-order valence-corrected chi connectivity index (χ1v) is 5.15. The summed E-state index contributed by atoms with van der Waals surface area (Å²) in [5.74, 6) is 1.35. The average Bonchev–Trinajstić information content (AvgIpc) is 2.16. The van der Waals surface area contributed by atoms with Crippen molar-refractivity contribution in [2.24, 2.45) is 0 Å². The second-order valence-electron chi connectivity index (χ2n) is 3.59. The van der Waals surface area contributed by atoms with Crippen LogP contribution in [0, 0.1) is 0 Å². The Balaban J connectivity index is 2.86. The van der Waals surface area contributed by atoms with E-state index in [2.05, 4.69) is 9.97 Å². The Morgan fingerprint density at radius 2 is 2.12 bits per heavy atom. The van der Waals surface area contributed by atoms with E-state index in [0.717, 1.165) is 6.42 Å². The van der Waals surface area contributed by atoms with E-state index in [1.807, 2.05) is 6.92 Å². The summed E-state index contributed by atoms with van der Waals surface area (Å²) in [6.07, 6.45) is -0.807. The molecule has 0 aliphatic heterocycles. The minimum Gasteiger partial charge on any atom is -0.384 e. The highest BCUT2D eigenvalue weighted by atomic mass is 19.3. The van der Waals surface area contributed by atoms with Gasteiger partial charge in [0.15, 0.2) is 0 Å². The molecule has 0 atom stereocenters. The van der Waals surface area contributed by atoms with E-state index in [4.69, 9.17) is 5.73 Å². The number of aromatic nitrogens is 2. The molecule has 6 heteroatoms. The van der Waals surface area contributed by atoms with Crippen molar-refractivity contribution in [2.45, 2.75) is 26.2 Å².